The third kappa shape index (κ3) is 6.16. The molecule has 0 unspecified atom stereocenters. The minimum absolute atomic E-state index is 0.0264. The Balaban J connectivity index is 4.89. The zero-order valence-electron chi connectivity index (χ0n) is 12.9. The molecule has 110 valence electrons. The molecule has 0 heterocycles. The Morgan fingerprint density at radius 2 is 1.79 bits per heavy atom. The minimum Gasteiger partial charge on any atom is -0.469 e. The van der Waals surface area contributed by atoms with Gasteiger partial charge < -0.3 is 9.16 Å². The lowest BCUT2D eigenvalue weighted by Crippen LogP contribution is -2.44. The average molecular weight is 286 g/mol. The van der Waals surface area contributed by atoms with Crippen LogP contribution in [0.5, 0.6) is 0 Å². The van der Waals surface area contributed by atoms with Crippen LogP contribution in [-0.2, 0) is 18.8 Å². The van der Waals surface area contributed by atoms with E-state index in [1.165, 1.54) is 13.2 Å². The van der Waals surface area contributed by atoms with Gasteiger partial charge in [-0.25, -0.2) is 0 Å². The zero-order chi connectivity index (χ0) is 15.3. The summed E-state index contributed by atoms with van der Waals surface area (Å²) < 4.78 is 10.8. The summed E-state index contributed by atoms with van der Waals surface area (Å²) in [5, 5.41) is 0.0264. The van der Waals surface area contributed by atoms with E-state index in [1.807, 2.05) is 0 Å². The van der Waals surface area contributed by atoms with Gasteiger partial charge in [-0.05, 0) is 24.2 Å². The Morgan fingerprint density at radius 3 is 2.16 bits per heavy atom. The van der Waals surface area contributed by atoms with Crippen LogP contribution in [0.3, 0.4) is 0 Å². The molecular formula is C14H26O4Si. The Hall–Kier alpha value is -0.943. The first-order valence-corrected chi connectivity index (χ1v) is 9.34. The van der Waals surface area contributed by atoms with Gasteiger partial charge in [0.2, 0.25) is 0 Å². The number of esters is 1. The van der Waals surface area contributed by atoms with E-state index in [1.54, 1.807) is 0 Å². The van der Waals surface area contributed by atoms with Gasteiger partial charge in [0.1, 0.15) is 0 Å². The first-order valence-electron chi connectivity index (χ1n) is 6.43. The molecule has 0 fully saturated rings. The SMILES string of the molecule is C=CC(=O)C[C@H](CC(=O)OC)O[Si](C)(C)C(C)(C)C. The maximum Gasteiger partial charge on any atom is 0.308 e. The van der Waals surface area contributed by atoms with Crippen LogP contribution < -0.4 is 0 Å². The van der Waals surface area contributed by atoms with Crippen molar-refractivity contribution in [2.45, 2.75) is 57.8 Å². The van der Waals surface area contributed by atoms with Crippen molar-refractivity contribution in [3.63, 3.8) is 0 Å². The van der Waals surface area contributed by atoms with Crippen LogP contribution >= 0.6 is 0 Å². The highest BCUT2D eigenvalue weighted by molar-refractivity contribution is 6.74. The molecule has 0 saturated carbocycles. The van der Waals surface area contributed by atoms with E-state index in [-0.39, 0.29) is 29.6 Å². The zero-order valence-corrected chi connectivity index (χ0v) is 13.9. The average Bonchev–Trinajstić information content (AvgIpc) is 2.26. The summed E-state index contributed by atoms with van der Waals surface area (Å²) in [4.78, 5) is 22.9. The fraction of sp³-hybridized carbons (Fsp3) is 0.714. The molecule has 0 saturated heterocycles. The van der Waals surface area contributed by atoms with Crippen LogP contribution in [-0.4, -0.2) is 33.3 Å². The molecule has 0 aromatic rings. The van der Waals surface area contributed by atoms with Crippen LogP contribution in [0, 0.1) is 0 Å². The normalized spacial score (nSPS) is 13.8. The molecule has 19 heavy (non-hydrogen) atoms. The molecule has 4 nitrogen and oxygen atoms in total. The fourth-order valence-corrected chi connectivity index (χ4v) is 2.68. The second-order valence-electron chi connectivity index (χ2n) is 6.15. The van der Waals surface area contributed by atoms with E-state index in [9.17, 15) is 9.59 Å². The highest BCUT2D eigenvalue weighted by atomic mass is 28.4. The van der Waals surface area contributed by atoms with Crippen molar-refractivity contribution in [3.05, 3.63) is 12.7 Å². The van der Waals surface area contributed by atoms with Gasteiger partial charge in [-0.2, -0.15) is 0 Å². The van der Waals surface area contributed by atoms with E-state index in [4.69, 9.17) is 4.43 Å². The quantitative estimate of drug-likeness (QED) is 0.410. The monoisotopic (exact) mass is 286 g/mol. The van der Waals surface area contributed by atoms with Gasteiger partial charge in [0.15, 0.2) is 14.1 Å². The van der Waals surface area contributed by atoms with E-state index in [2.05, 4.69) is 45.2 Å². The molecule has 0 spiro atoms. The summed E-state index contributed by atoms with van der Waals surface area (Å²) in [6.45, 7) is 14.0. The van der Waals surface area contributed by atoms with E-state index >= 15 is 0 Å². The highest BCUT2D eigenvalue weighted by Gasteiger charge is 2.39. The van der Waals surface area contributed by atoms with Gasteiger partial charge in [-0.3, -0.25) is 9.59 Å². The fourth-order valence-electron chi connectivity index (χ4n) is 1.33. The molecule has 5 heteroatoms. The van der Waals surface area contributed by atoms with Crippen molar-refractivity contribution in [3.8, 4) is 0 Å². The van der Waals surface area contributed by atoms with Crippen molar-refractivity contribution in [2.24, 2.45) is 0 Å². The lowest BCUT2D eigenvalue weighted by Gasteiger charge is -2.39. The standard InChI is InChI=1S/C14H26O4Si/c1-8-11(15)9-12(10-13(16)17-5)18-19(6,7)14(2,3)4/h8,12H,1,9-10H2,2-7H3/t12-/m1/s1. The minimum atomic E-state index is -2.02. The maximum absolute atomic E-state index is 11.5. The van der Waals surface area contributed by atoms with Crippen LogP contribution in [0.2, 0.25) is 18.1 Å². The molecule has 0 aliphatic rings. The van der Waals surface area contributed by atoms with Crippen LogP contribution in [0.1, 0.15) is 33.6 Å². The molecule has 0 N–H and O–H groups in total. The summed E-state index contributed by atoms with van der Waals surface area (Å²) in [6, 6.07) is 0. The number of hydrogen-bond donors (Lipinski definition) is 0. The van der Waals surface area contributed by atoms with Crippen molar-refractivity contribution >= 4 is 20.1 Å². The first-order chi connectivity index (χ1) is 8.53. The third-order valence-corrected chi connectivity index (χ3v) is 8.08. The number of hydrogen-bond acceptors (Lipinski definition) is 4. The van der Waals surface area contributed by atoms with E-state index < -0.39 is 14.4 Å². The molecule has 0 aromatic heterocycles. The lowest BCUT2D eigenvalue weighted by molar-refractivity contribution is -0.142. The second kappa shape index (κ2) is 7.00. The van der Waals surface area contributed by atoms with Gasteiger partial charge in [0.25, 0.3) is 0 Å². The molecule has 0 aliphatic heterocycles. The smallest absolute Gasteiger partial charge is 0.308 e. The van der Waals surface area contributed by atoms with Crippen molar-refractivity contribution in [1.82, 2.24) is 0 Å². The van der Waals surface area contributed by atoms with Crippen LogP contribution in [0.4, 0.5) is 0 Å². The van der Waals surface area contributed by atoms with Gasteiger partial charge in [0, 0.05) is 6.42 Å². The number of ketones is 1. The van der Waals surface area contributed by atoms with Gasteiger partial charge >= 0.3 is 5.97 Å². The largest absolute Gasteiger partial charge is 0.469 e. The summed E-state index contributed by atoms with van der Waals surface area (Å²) in [5.74, 6) is -0.479. The summed E-state index contributed by atoms with van der Waals surface area (Å²) in [6.07, 6.45) is 1.10. The topological polar surface area (TPSA) is 52.6 Å². The van der Waals surface area contributed by atoms with Crippen molar-refractivity contribution in [1.29, 1.82) is 0 Å². The highest BCUT2D eigenvalue weighted by Crippen LogP contribution is 2.38. The van der Waals surface area contributed by atoms with Gasteiger partial charge in [-0.15, -0.1) is 0 Å². The van der Waals surface area contributed by atoms with Crippen LogP contribution in [0.25, 0.3) is 0 Å². The maximum atomic E-state index is 11.5. The Bertz CT molecular complexity index is 342. The first kappa shape index (κ1) is 18.1. The number of carbonyl (C=O) groups excluding carboxylic acids is 2. The number of carbonyl (C=O) groups is 2. The molecule has 0 radical (unpaired) electrons. The molecule has 0 aromatic carbocycles. The van der Waals surface area contributed by atoms with Crippen LogP contribution in [0.15, 0.2) is 12.7 Å². The van der Waals surface area contributed by atoms with Gasteiger partial charge in [-0.1, -0.05) is 27.4 Å². The summed E-state index contributed by atoms with van der Waals surface area (Å²) in [5.41, 5.74) is 0. The van der Waals surface area contributed by atoms with Gasteiger partial charge in [0.05, 0.1) is 19.6 Å². The Labute approximate surface area is 117 Å². The molecular weight excluding hydrogens is 260 g/mol. The molecule has 0 amide bonds. The van der Waals surface area contributed by atoms with Crippen molar-refractivity contribution < 1.29 is 18.8 Å². The lowest BCUT2D eigenvalue weighted by atomic mass is 10.1. The molecule has 0 aliphatic carbocycles. The van der Waals surface area contributed by atoms with E-state index in [0.29, 0.717) is 0 Å². The predicted molar refractivity (Wildman–Crippen MR) is 78.5 cm³/mol. The van der Waals surface area contributed by atoms with Crippen molar-refractivity contribution in [2.75, 3.05) is 7.11 Å². The Kier molecular flexibility index (Phi) is 6.66. The summed E-state index contributed by atoms with van der Waals surface area (Å²) in [7, 11) is -0.687. The molecule has 0 rings (SSSR count). The molecule has 1 atom stereocenters. The number of methoxy groups -OCH3 is 1. The number of allylic oxidation sites excluding steroid dienone is 1. The second-order valence-corrected chi connectivity index (χ2v) is 10.9. The third-order valence-electron chi connectivity index (χ3n) is 3.55. The summed E-state index contributed by atoms with van der Waals surface area (Å²) >= 11 is 0. The predicted octanol–water partition coefficient (Wildman–Crippen LogP) is 3.09. The van der Waals surface area contributed by atoms with E-state index in [0.717, 1.165) is 0 Å². The number of ether oxygens (including phenoxy) is 1. The number of rotatable bonds is 7. The molecule has 0 bridgehead atoms. The Morgan fingerprint density at radius 1 is 1.26 bits per heavy atom.